The molecule has 2 atom stereocenters. The summed E-state index contributed by atoms with van der Waals surface area (Å²) < 4.78 is 24.7. The second-order valence-electron chi connectivity index (χ2n) is 9.09. The lowest BCUT2D eigenvalue weighted by atomic mass is 9.98. The Morgan fingerprint density at radius 3 is 2.75 bits per heavy atom. The number of benzene rings is 2. The van der Waals surface area contributed by atoms with E-state index in [1.165, 1.54) is 18.4 Å². The zero-order valence-corrected chi connectivity index (χ0v) is 20.7. The van der Waals surface area contributed by atoms with Crippen molar-refractivity contribution in [2.45, 2.75) is 45.8 Å². The van der Waals surface area contributed by atoms with Gasteiger partial charge in [0, 0.05) is 25.7 Å². The van der Waals surface area contributed by atoms with Gasteiger partial charge < -0.3 is 14.1 Å². The minimum absolute atomic E-state index is 0.00653. The Kier molecular flexibility index (Phi) is 8.48. The van der Waals surface area contributed by atoms with Crippen molar-refractivity contribution in [1.29, 1.82) is 0 Å². The monoisotopic (exact) mass is 493 g/mol. The van der Waals surface area contributed by atoms with E-state index in [-0.39, 0.29) is 35.3 Å². The van der Waals surface area contributed by atoms with Crippen LogP contribution in [0.25, 0.3) is 0 Å². The number of nitrogens with zero attached hydrogens (tertiary/aromatic N) is 3. The molecule has 0 aliphatic carbocycles. The molecule has 0 saturated carbocycles. The summed E-state index contributed by atoms with van der Waals surface area (Å²) >= 11 is 0. The minimum atomic E-state index is -0.317. The summed E-state index contributed by atoms with van der Waals surface area (Å²) in [5, 5.41) is 0. The van der Waals surface area contributed by atoms with Gasteiger partial charge in [-0.3, -0.25) is 14.5 Å². The molecule has 2 heterocycles. The van der Waals surface area contributed by atoms with E-state index in [9.17, 15) is 14.0 Å². The molecule has 7 nitrogen and oxygen atoms in total. The number of hydrogen-bond donors (Lipinski definition) is 0. The smallest absolute Gasteiger partial charge is 0.310 e. The van der Waals surface area contributed by atoms with E-state index in [2.05, 4.69) is 16.8 Å². The number of aromatic nitrogens is 1. The minimum Gasteiger partial charge on any atom is -0.466 e. The lowest BCUT2D eigenvalue weighted by Gasteiger charge is -2.31. The maximum atomic E-state index is 13.8. The van der Waals surface area contributed by atoms with Gasteiger partial charge in [0.1, 0.15) is 12.1 Å². The van der Waals surface area contributed by atoms with Gasteiger partial charge in [0.25, 0.3) is 5.91 Å². The molecule has 36 heavy (non-hydrogen) atoms. The van der Waals surface area contributed by atoms with Crippen molar-refractivity contribution in [3.63, 3.8) is 0 Å². The molecule has 1 fully saturated rings. The second kappa shape index (κ2) is 11.9. The molecule has 1 aliphatic rings. The van der Waals surface area contributed by atoms with Crippen LogP contribution in [0.4, 0.5) is 4.39 Å². The van der Waals surface area contributed by atoms with E-state index in [1.807, 2.05) is 36.4 Å². The standard InChI is InChI=1S/C28H32FN3O4/c1-3-35-28(34)23-12-8-14-31(17-23)27(33)25-19-36-26(30-25)18-32(16-21-9-7-13-24(29)15-21)20(2)22-10-5-4-6-11-22/h4-7,9-11,13,15,19-20,23H,3,8,12,14,16-18H2,1-2H3/t20-,23-/m0/s1. The molecule has 8 heteroatoms. The summed E-state index contributed by atoms with van der Waals surface area (Å²) in [6, 6.07) is 16.5. The van der Waals surface area contributed by atoms with Crippen molar-refractivity contribution in [1.82, 2.24) is 14.8 Å². The fourth-order valence-corrected chi connectivity index (χ4v) is 4.57. The van der Waals surface area contributed by atoms with Gasteiger partial charge in [0.05, 0.1) is 19.1 Å². The molecule has 1 amide bonds. The zero-order valence-electron chi connectivity index (χ0n) is 20.7. The number of likely N-dealkylation sites (tertiary alicyclic amines) is 1. The summed E-state index contributed by atoms with van der Waals surface area (Å²) in [7, 11) is 0. The van der Waals surface area contributed by atoms with E-state index in [0.717, 1.165) is 17.5 Å². The van der Waals surface area contributed by atoms with Gasteiger partial charge in [-0.2, -0.15) is 0 Å². The lowest BCUT2D eigenvalue weighted by Crippen LogP contribution is -2.43. The van der Waals surface area contributed by atoms with Gasteiger partial charge in [-0.1, -0.05) is 42.5 Å². The molecule has 1 aromatic heterocycles. The van der Waals surface area contributed by atoms with Crippen molar-refractivity contribution >= 4 is 11.9 Å². The van der Waals surface area contributed by atoms with Crippen LogP contribution >= 0.6 is 0 Å². The van der Waals surface area contributed by atoms with Crippen molar-refractivity contribution < 1.29 is 23.1 Å². The summed E-state index contributed by atoms with van der Waals surface area (Å²) in [5.74, 6) is -0.726. The maximum Gasteiger partial charge on any atom is 0.310 e. The molecule has 4 rings (SSSR count). The third-order valence-electron chi connectivity index (χ3n) is 6.54. The van der Waals surface area contributed by atoms with Crippen molar-refractivity contribution in [2.24, 2.45) is 5.92 Å². The SMILES string of the molecule is CCOC(=O)[C@H]1CCCN(C(=O)c2coc(CN(Cc3cccc(F)c3)[C@@H](C)c3ccccc3)n2)C1. The van der Waals surface area contributed by atoms with Crippen molar-refractivity contribution in [3.05, 3.63) is 89.4 Å². The Hall–Kier alpha value is -3.52. The van der Waals surface area contributed by atoms with Crippen LogP contribution in [0.2, 0.25) is 0 Å². The molecule has 0 unspecified atom stereocenters. The fourth-order valence-electron chi connectivity index (χ4n) is 4.57. The lowest BCUT2D eigenvalue weighted by molar-refractivity contribution is -0.149. The number of hydrogen-bond acceptors (Lipinski definition) is 6. The number of carbonyl (C=O) groups excluding carboxylic acids is 2. The van der Waals surface area contributed by atoms with E-state index in [0.29, 0.717) is 45.1 Å². The van der Waals surface area contributed by atoms with Gasteiger partial charge in [-0.15, -0.1) is 0 Å². The van der Waals surface area contributed by atoms with Crippen LogP contribution in [0.3, 0.4) is 0 Å². The van der Waals surface area contributed by atoms with Crippen LogP contribution in [0.1, 0.15) is 60.2 Å². The highest BCUT2D eigenvalue weighted by Crippen LogP contribution is 2.25. The van der Waals surface area contributed by atoms with E-state index in [4.69, 9.17) is 9.15 Å². The van der Waals surface area contributed by atoms with Crippen LogP contribution in [0, 0.1) is 11.7 Å². The molecule has 1 aliphatic heterocycles. The van der Waals surface area contributed by atoms with E-state index >= 15 is 0 Å². The number of oxazole rings is 1. The molecular weight excluding hydrogens is 461 g/mol. The van der Waals surface area contributed by atoms with Gasteiger partial charge in [-0.05, 0) is 49.9 Å². The molecular formula is C28H32FN3O4. The number of esters is 1. The van der Waals surface area contributed by atoms with Crippen molar-refractivity contribution in [3.8, 4) is 0 Å². The zero-order chi connectivity index (χ0) is 25.5. The molecule has 0 bridgehead atoms. The molecule has 190 valence electrons. The first-order valence-corrected chi connectivity index (χ1v) is 12.4. The van der Waals surface area contributed by atoms with Crippen LogP contribution in [0.15, 0.2) is 65.3 Å². The van der Waals surface area contributed by atoms with Crippen LogP contribution in [0.5, 0.6) is 0 Å². The first-order chi connectivity index (χ1) is 17.4. The number of rotatable bonds is 9. The maximum absolute atomic E-state index is 13.8. The molecule has 0 spiro atoms. The largest absolute Gasteiger partial charge is 0.466 e. The van der Waals surface area contributed by atoms with Crippen molar-refractivity contribution in [2.75, 3.05) is 19.7 Å². The molecule has 0 N–H and O–H groups in total. The molecule has 2 aromatic carbocycles. The number of carbonyl (C=O) groups is 2. The van der Waals surface area contributed by atoms with Crippen LogP contribution in [-0.4, -0.2) is 46.4 Å². The highest BCUT2D eigenvalue weighted by Gasteiger charge is 2.31. The number of halogens is 1. The Morgan fingerprint density at radius 2 is 2.00 bits per heavy atom. The summed E-state index contributed by atoms with van der Waals surface area (Å²) in [5.41, 5.74) is 2.15. The van der Waals surface area contributed by atoms with Crippen LogP contribution in [-0.2, 0) is 22.6 Å². The molecule has 0 radical (unpaired) electrons. The normalized spacial score (nSPS) is 16.7. The highest BCUT2D eigenvalue weighted by atomic mass is 19.1. The first-order valence-electron chi connectivity index (χ1n) is 12.4. The third-order valence-corrected chi connectivity index (χ3v) is 6.54. The van der Waals surface area contributed by atoms with Crippen LogP contribution < -0.4 is 0 Å². The number of amides is 1. The first kappa shape index (κ1) is 25.6. The Balaban J connectivity index is 1.48. The number of piperidine rings is 1. The predicted octanol–water partition coefficient (Wildman–Crippen LogP) is 4.99. The van der Waals surface area contributed by atoms with Gasteiger partial charge >= 0.3 is 5.97 Å². The van der Waals surface area contributed by atoms with E-state index in [1.54, 1.807) is 17.9 Å². The Morgan fingerprint density at radius 1 is 1.19 bits per heavy atom. The topological polar surface area (TPSA) is 75.9 Å². The Labute approximate surface area is 210 Å². The summed E-state index contributed by atoms with van der Waals surface area (Å²) in [6.07, 6.45) is 2.81. The van der Waals surface area contributed by atoms with E-state index < -0.39 is 0 Å². The van der Waals surface area contributed by atoms with Gasteiger partial charge in [0.15, 0.2) is 5.69 Å². The number of ether oxygens (including phenoxy) is 1. The third kappa shape index (κ3) is 6.37. The second-order valence-corrected chi connectivity index (χ2v) is 9.09. The molecule has 3 aromatic rings. The average molecular weight is 494 g/mol. The summed E-state index contributed by atoms with van der Waals surface area (Å²) in [4.78, 5) is 33.5. The summed E-state index contributed by atoms with van der Waals surface area (Å²) in [6.45, 7) is 5.87. The van der Waals surface area contributed by atoms with Gasteiger partial charge in [-0.25, -0.2) is 9.37 Å². The average Bonchev–Trinajstić information content (AvgIpc) is 3.37. The highest BCUT2D eigenvalue weighted by molar-refractivity contribution is 5.92. The predicted molar refractivity (Wildman–Crippen MR) is 132 cm³/mol. The molecule has 1 saturated heterocycles. The fraction of sp³-hybridized carbons (Fsp3) is 0.393. The quantitative estimate of drug-likeness (QED) is 0.391. The van der Waals surface area contributed by atoms with Gasteiger partial charge in [0.2, 0.25) is 5.89 Å². The Bertz CT molecular complexity index is 1170.